The average molecular weight is 298 g/mol. The van der Waals surface area contributed by atoms with Crippen molar-refractivity contribution >= 4 is 0 Å². The molecule has 0 bridgehead atoms. The molecule has 1 atom stereocenters. The lowest BCUT2D eigenvalue weighted by molar-refractivity contribution is -0.208. The second-order valence-corrected chi connectivity index (χ2v) is 4.66. The van der Waals surface area contributed by atoms with Crippen LogP contribution in [0.4, 0.5) is 13.2 Å². The van der Waals surface area contributed by atoms with Gasteiger partial charge in [-0.2, -0.15) is 18.3 Å². The van der Waals surface area contributed by atoms with Crippen LogP contribution in [0.1, 0.15) is 5.56 Å². The van der Waals surface area contributed by atoms with Crippen LogP contribution < -0.4 is 5.56 Å². The van der Waals surface area contributed by atoms with E-state index in [9.17, 15) is 18.0 Å². The number of aromatic nitrogens is 2. The maximum absolute atomic E-state index is 12.3. The molecule has 0 unspecified atom stereocenters. The van der Waals surface area contributed by atoms with Crippen LogP contribution in [0.25, 0.3) is 11.3 Å². The Kier molecular flexibility index (Phi) is 4.13. The van der Waals surface area contributed by atoms with Crippen LogP contribution >= 0.6 is 0 Å². The molecular weight excluding hydrogens is 285 g/mol. The van der Waals surface area contributed by atoms with Gasteiger partial charge in [-0.25, -0.2) is 4.68 Å². The summed E-state index contributed by atoms with van der Waals surface area (Å²) in [5.74, 6) is 0. The fourth-order valence-electron chi connectivity index (χ4n) is 1.73. The highest BCUT2D eigenvalue weighted by atomic mass is 19.4. The summed E-state index contributed by atoms with van der Waals surface area (Å²) < 4.78 is 37.6. The van der Waals surface area contributed by atoms with Crippen LogP contribution in [0.2, 0.25) is 0 Å². The molecule has 1 N–H and O–H groups in total. The number of halogens is 3. The molecule has 0 fully saturated rings. The van der Waals surface area contributed by atoms with Crippen LogP contribution in [-0.2, 0) is 6.54 Å². The van der Waals surface area contributed by atoms with E-state index in [2.05, 4.69) is 5.10 Å². The van der Waals surface area contributed by atoms with E-state index in [0.717, 1.165) is 11.6 Å². The number of rotatable bonds is 3. The van der Waals surface area contributed by atoms with Crippen molar-refractivity contribution < 1.29 is 18.3 Å². The minimum Gasteiger partial charge on any atom is -0.382 e. The molecule has 0 aliphatic rings. The third-order valence-corrected chi connectivity index (χ3v) is 2.94. The summed E-state index contributed by atoms with van der Waals surface area (Å²) in [6.45, 7) is 0.972. The molecule has 0 saturated heterocycles. The summed E-state index contributed by atoms with van der Waals surface area (Å²) in [6, 6.07) is 9.74. The van der Waals surface area contributed by atoms with E-state index in [1.807, 2.05) is 19.1 Å². The molecule has 0 aliphatic heterocycles. The molecule has 0 saturated carbocycles. The van der Waals surface area contributed by atoms with Crippen molar-refractivity contribution in [2.24, 2.45) is 0 Å². The Morgan fingerprint density at radius 1 is 1.19 bits per heavy atom. The third-order valence-electron chi connectivity index (χ3n) is 2.94. The molecule has 4 nitrogen and oxygen atoms in total. The molecule has 0 amide bonds. The minimum atomic E-state index is -4.79. The number of nitrogens with zero attached hydrogens (tertiary/aromatic N) is 2. The third kappa shape index (κ3) is 3.69. The van der Waals surface area contributed by atoms with E-state index in [4.69, 9.17) is 5.11 Å². The summed E-state index contributed by atoms with van der Waals surface area (Å²) in [7, 11) is 0. The summed E-state index contributed by atoms with van der Waals surface area (Å²) in [6.07, 6.45) is -7.42. The van der Waals surface area contributed by atoms with Crippen LogP contribution in [0.5, 0.6) is 0 Å². The van der Waals surface area contributed by atoms with Crippen LogP contribution in [-0.4, -0.2) is 27.2 Å². The summed E-state index contributed by atoms with van der Waals surface area (Å²) in [5, 5.41) is 12.9. The number of aryl methyl sites for hydroxylation is 1. The molecule has 2 aromatic rings. The highest BCUT2D eigenvalue weighted by Crippen LogP contribution is 2.21. The van der Waals surface area contributed by atoms with Gasteiger partial charge in [-0.3, -0.25) is 4.79 Å². The number of aliphatic hydroxyl groups is 1. The SMILES string of the molecule is Cc1ccc(-c2ccc(=O)n(C[C@@H](O)C(F)(F)F)n2)cc1. The van der Waals surface area contributed by atoms with Crippen LogP contribution in [0.3, 0.4) is 0 Å². The van der Waals surface area contributed by atoms with Gasteiger partial charge in [0.25, 0.3) is 5.56 Å². The molecule has 1 aromatic heterocycles. The van der Waals surface area contributed by atoms with E-state index in [1.54, 1.807) is 12.1 Å². The van der Waals surface area contributed by atoms with Crippen molar-refractivity contribution in [2.75, 3.05) is 0 Å². The van der Waals surface area contributed by atoms with Crippen molar-refractivity contribution in [3.8, 4) is 11.3 Å². The molecule has 2 rings (SSSR count). The first kappa shape index (κ1) is 15.2. The highest BCUT2D eigenvalue weighted by molar-refractivity contribution is 5.58. The first-order valence-electron chi connectivity index (χ1n) is 6.17. The second-order valence-electron chi connectivity index (χ2n) is 4.66. The quantitative estimate of drug-likeness (QED) is 0.944. The predicted octanol–water partition coefficient (Wildman–Crippen LogP) is 2.14. The van der Waals surface area contributed by atoms with Gasteiger partial charge in [0.05, 0.1) is 12.2 Å². The minimum absolute atomic E-state index is 0.365. The van der Waals surface area contributed by atoms with Gasteiger partial charge in [-0.1, -0.05) is 29.8 Å². The predicted molar refractivity (Wildman–Crippen MR) is 70.7 cm³/mol. The summed E-state index contributed by atoms with van der Waals surface area (Å²) in [4.78, 5) is 11.5. The van der Waals surface area contributed by atoms with E-state index in [0.29, 0.717) is 15.9 Å². The number of aliphatic hydroxyl groups excluding tert-OH is 1. The fourth-order valence-corrected chi connectivity index (χ4v) is 1.73. The molecule has 7 heteroatoms. The van der Waals surface area contributed by atoms with Crippen LogP contribution in [0, 0.1) is 6.92 Å². The normalized spacial score (nSPS) is 13.2. The van der Waals surface area contributed by atoms with Crippen molar-refractivity contribution in [3.63, 3.8) is 0 Å². The van der Waals surface area contributed by atoms with Crippen molar-refractivity contribution in [3.05, 3.63) is 52.3 Å². The monoisotopic (exact) mass is 298 g/mol. The Balaban J connectivity index is 2.33. The first-order valence-corrected chi connectivity index (χ1v) is 6.17. The topological polar surface area (TPSA) is 55.1 Å². The molecule has 0 aliphatic carbocycles. The fraction of sp³-hybridized carbons (Fsp3) is 0.286. The van der Waals surface area contributed by atoms with E-state index < -0.39 is 24.4 Å². The molecule has 112 valence electrons. The molecule has 0 radical (unpaired) electrons. The van der Waals surface area contributed by atoms with Gasteiger partial charge in [0.15, 0.2) is 6.10 Å². The molecule has 21 heavy (non-hydrogen) atoms. The van der Waals surface area contributed by atoms with Gasteiger partial charge < -0.3 is 5.11 Å². The maximum atomic E-state index is 12.3. The van der Waals surface area contributed by atoms with Crippen LogP contribution in [0.15, 0.2) is 41.2 Å². The lowest BCUT2D eigenvalue weighted by atomic mass is 10.1. The highest BCUT2D eigenvalue weighted by Gasteiger charge is 2.38. The zero-order valence-corrected chi connectivity index (χ0v) is 11.1. The standard InChI is InChI=1S/C14H13F3N2O2/c1-9-2-4-10(5-3-9)11-6-7-13(21)19(18-11)8-12(20)14(15,16)17/h2-7,12,20H,8H2,1H3/t12-/m1/s1. The maximum Gasteiger partial charge on any atom is 0.416 e. The summed E-state index contributed by atoms with van der Waals surface area (Å²) in [5.41, 5.74) is 1.37. The molecule has 1 heterocycles. The van der Waals surface area contributed by atoms with Gasteiger partial charge >= 0.3 is 6.18 Å². The zero-order valence-electron chi connectivity index (χ0n) is 11.1. The van der Waals surface area contributed by atoms with Gasteiger partial charge in [0, 0.05) is 11.6 Å². The van der Waals surface area contributed by atoms with E-state index >= 15 is 0 Å². The second kappa shape index (κ2) is 5.69. The van der Waals surface area contributed by atoms with Gasteiger partial charge in [-0.15, -0.1) is 0 Å². The lowest BCUT2D eigenvalue weighted by Gasteiger charge is -2.15. The van der Waals surface area contributed by atoms with Crippen molar-refractivity contribution in [2.45, 2.75) is 25.7 Å². The van der Waals surface area contributed by atoms with Crippen molar-refractivity contribution in [1.29, 1.82) is 0 Å². The van der Waals surface area contributed by atoms with E-state index in [-0.39, 0.29) is 0 Å². The Hall–Kier alpha value is -2.15. The van der Waals surface area contributed by atoms with Gasteiger partial charge in [0.1, 0.15) is 0 Å². The average Bonchev–Trinajstić information content (AvgIpc) is 2.41. The first-order chi connectivity index (χ1) is 9.77. The Morgan fingerprint density at radius 3 is 2.38 bits per heavy atom. The zero-order chi connectivity index (χ0) is 15.6. The largest absolute Gasteiger partial charge is 0.416 e. The molecule has 1 aromatic carbocycles. The number of benzene rings is 1. The van der Waals surface area contributed by atoms with Gasteiger partial charge in [0.2, 0.25) is 0 Å². The van der Waals surface area contributed by atoms with Gasteiger partial charge in [-0.05, 0) is 13.0 Å². The molecule has 0 spiro atoms. The van der Waals surface area contributed by atoms with Crippen molar-refractivity contribution in [1.82, 2.24) is 9.78 Å². The Morgan fingerprint density at radius 2 is 1.81 bits per heavy atom. The number of hydrogen-bond acceptors (Lipinski definition) is 3. The number of hydrogen-bond donors (Lipinski definition) is 1. The molecular formula is C14H13F3N2O2. The number of alkyl halides is 3. The smallest absolute Gasteiger partial charge is 0.382 e. The summed E-state index contributed by atoms with van der Waals surface area (Å²) >= 11 is 0. The lowest BCUT2D eigenvalue weighted by Crippen LogP contribution is -2.37. The van der Waals surface area contributed by atoms with E-state index in [1.165, 1.54) is 6.07 Å². The Bertz CT molecular complexity index is 678. The Labute approximate surface area is 118 Å².